The molecule has 2 rings (SSSR count). The third-order valence-electron chi connectivity index (χ3n) is 2.78. The number of hydrogen-bond donors (Lipinski definition) is 0. The first-order valence-corrected chi connectivity index (χ1v) is 5.97. The number of rotatable bonds is 3. The second-order valence-electron chi connectivity index (χ2n) is 4.71. The van der Waals surface area contributed by atoms with Crippen LogP contribution in [-0.2, 0) is 10.3 Å². The minimum atomic E-state index is -0.718. The number of aryl methyl sites for hydroxylation is 1. The zero-order valence-electron chi connectivity index (χ0n) is 10.5. The number of carbonyl (C=O) groups excluding carboxylic acids is 1. The number of halogens is 1. The summed E-state index contributed by atoms with van der Waals surface area (Å²) in [5.41, 5.74) is 1.62. The third-order valence-corrected chi connectivity index (χ3v) is 3.06. The van der Waals surface area contributed by atoms with Gasteiger partial charge in [0.1, 0.15) is 17.5 Å². The Morgan fingerprint density at radius 3 is 2.72 bits per heavy atom. The molecule has 4 nitrogen and oxygen atoms in total. The van der Waals surface area contributed by atoms with Gasteiger partial charge in [-0.25, -0.2) is 0 Å². The van der Waals surface area contributed by atoms with Gasteiger partial charge in [-0.05, 0) is 32.4 Å². The molecule has 5 heteroatoms. The highest BCUT2D eigenvalue weighted by atomic mass is 35.5. The molecule has 0 aromatic carbocycles. The number of carbonyl (C=O) groups is 1. The van der Waals surface area contributed by atoms with Crippen molar-refractivity contribution in [2.75, 3.05) is 0 Å². The molecule has 0 aliphatic rings. The molecular formula is C13H14ClN3O. The Morgan fingerprint density at radius 1 is 1.39 bits per heavy atom. The number of pyridine rings is 1. The van der Waals surface area contributed by atoms with Crippen LogP contribution in [0.4, 0.5) is 0 Å². The molecular weight excluding hydrogens is 250 g/mol. The van der Waals surface area contributed by atoms with Crippen LogP contribution in [0.1, 0.15) is 19.4 Å². The van der Waals surface area contributed by atoms with Crippen molar-refractivity contribution in [2.24, 2.45) is 0 Å². The maximum atomic E-state index is 11.0. The largest absolute Gasteiger partial charge is 0.301 e. The molecule has 0 bridgehead atoms. The van der Waals surface area contributed by atoms with Gasteiger partial charge >= 0.3 is 0 Å². The van der Waals surface area contributed by atoms with Gasteiger partial charge < -0.3 is 4.79 Å². The van der Waals surface area contributed by atoms with E-state index in [-0.39, 0.29) is 0 Å². The van der Waals surface area contributed by atoms with Crippen LogP contribution in [0.5, 0.6) is 0 Å². The Morgan fingerprint density at radius 2 is 2.11 bits per heavy atom. The van der Waals surface area contributed by atoms with Gasteiger partial charge in [0.2, 0.25) is 0 Å². The van der Waals surface area contributed by atoms with Crippen molar-refractivity contribution in [2.45, 2.75) is 26.3 Å². The zero-order chi connectivity index (χ0) is 13.3. The SMILES string of the molecule is Cc1cccnc1-c1nn(C(C)(C)C=O)cc1Cl. The summed E-state index contributed by atoms with van der Waals surface area (Å²) in [6.07, 6.45) is 4.19. The summed E-state index contributed by atoms with van der Waals surface area (Å²) in [7, 11) is 0. The molecule has 0 fully saturated rings. The fourth-order valence-electron chi connectivity index (χ4n) is 1.60. The van der Waals surface area contributed by atoms with Crippen LogP contribution in [0.25, 0.3) is 11.4 Å². The van der Waals surface area contributed by atoms with Crippen molar-refractivity contribution < 1.29 is 4.79 Å². The molecule has 0 amide bonds. The smallest absolute Gasteiger partial charge is 0.147 e. The zero-order valence-corrected chi connectivity index (χ0v) is 11.3. The monoisotopic (exact) mass is 263 g/mol. The maximum Gasteiger partial charge on any atom is 0.147 e. The summed E-state index contributed by atoms with van der Waals surface area (Å²) in [6, 6.07) is 3.81. The predicted molar refractivity (Wildman–Crippen MR) is 70.6 cm³/mol. The minimum absolute atomic E-state index is 0.492. The van der Waals surface area contributed by atoms with Gasteiger partial charge in [0, 0.05) is 12.4 Å². The van der Waals surface area contributed by atoms with E-state index >= 15 is 0 Å². The third kappa shape index (κ3) is 2.16. The van der Waals surface area contributed by atoms with E-state index in [0.29, 0.717) is 10.7 Å². The minimum Gasteiger partial charge on any atom is -0.301 e. The predicted octanol–water partition coefficient (Wildman–Crippen LogP) is 2.84. The van der Waals surface area contributed by atoms with Gasteiger partial charge in [-0.15, -0.1) is 0 Å². The summed E-state index contributed by atoms with van der Waals surface area (Å²) in [6.45, 7) is 5.50. The molecule has 0 saturated heterocycles. The number of hydrogen-bond acceptors (Lipinski definition) is 3. The lowest BCUT2D eigenvalue weighted by Gasteiger charge is -2.17. The van der Waals surface area contributed by atoms with Crippen LogP contribution >= 0.6 is 11.6 Å². The molecule has 18 heavy (non-hydrogen) atoms. The summed E-state index contributed by atoms with van der Waals surface area (Å²) in [4.78, 5) is 15.3. The van der Waals surface area contributed by atoms with Crippen LogP contribution in [-0.4, -0.2) is 21.1 Å². The Bertz CT molecular complexity index is 590. The van der Waals surface area contributed by atoms with Crippen LogP contribution in [0.3, 0.4) is 0 Å². The van der Waals surface area contributed by atoms with Crippen LogP contribution < -0.4 is 0 Å². The Kier molecular flexibility index (Phi) is 3.22. The average Bonchev–Trinajstić information content (AvgIpc) is 2.73. The van der Waals surface area contributed by atoms with Crippen molar-refractivity contribution in [3.05, 3.63) is 35.1 Å². The highest BCUT2D eigenvalue weighted by Crippen LogP contribution is 2.28. The standard InChI is InChI=1S/C13H14ClN3O/c1-9-5-4-6-15-11(9)12-10(14)7-17(16-12)13(2,3)8-18/h4-8H,1-3H3. The summed E-state index contributed by atoms with van der Waals surface area (Å²) < 4.78 is 1.56. The molecule has 0 N–H and O–H groups in total. The van der Waals surface area contributed by atoms with Crippen LogP contribution in [0.15, 0.2) is 24.5 Å². The Labute approximate surface area is 111 Å². The highest BCUT2D eigenvalue weighted by molar-refractivity contribution is 6.32. The molecule has 0 aliphatic heterocycles. The van der Waals surface area contributed by atoms with Gasteiger partial charge in [-0.1, -0.05) is 17.7 Å². The molecule has 0 aliphatic carbocycles. The Balaban J connectivity index is 2.55. The highest BCUT2D eigenvalue weighted by Gasteiger charge is 2.23. The summed E-state index contributed by atoms with van der Waals surface area (Å²) in [5, 5.41) is 4.87. The lowest BCUT2D eigenvalue weighted by Crippen LogP contribution is -2.28. The summed E-state index contributed by atoms with van der Waals surface area (Å²) >= 11 is 6.18. The van der Waals surface area contributed by atoms with Crippen LogP contribution in [0, 0.1) is 6.92 Å². The number of aromatic nitrogens is 3. The van der Waals surface area contributed by atoms with Gasteiger partial charge in [-0.2, -0.15) is 5.10 Å². The van der Waals surface area contributed by atoms with E-state index in [0.717, 1.165) is 17.5 Å². The van der Waals surface area contributed by atoms with E-state index in [1.807, 2.05) is 19.1 Å². The van der Waals surface area contributed by atoms with Gasteiger partial charge in [0.25, 0.3) is 0 Å². The molecule has 0 atom stereocenters. The second-order valence-corrected chi connectivity index (χ2v) is 5.12. The molecule has 2 aromatic rings. The van der Waals surface area contributed by atoms with Crippen molar-refractivity contribution in [1.82, 2.24) is 14.8 Å². The fraction of sp³-hybridized carbons (Fsp3) is 0.308. The average molecular weight is 264 g/mol. The van der Waals surface area contributed by atoms with Gasteiger partial charge in [0.15, 0.2) is 0 Å². The van der Waals surface area contributed by atoms with Gasteiger partial charge in [-0.3, -0.25) is 9.67 Å². The fourth-order valence-corrected chi connectivity index (χ4v) is 1.82. The topological polar surface area (TPSA) is 47.8 Å². The first-order chi connectivity index (χ1) is 8.45. The van der Waals surface area contributed by atoms with E-state index in [1.54, 1.807) is 30.9 Å². The molecule has 0 radical (unpaired) electrons. The molecule has 0 spiro atoms. The first kappa shape index (κ1) is 12.8. The van der Waals surface area contributed by atoms with E-state index in [1.165, 1.54) is 0 Å². The number of nitrogens with zero attached hydrogens (tertiary/aromatic N) is 3. The maximum absolute atomic E-state index is 11.0. The van der Waals surface area contributed by atoms with Crippen molar-refractivity contribution in [3.8, 4) is 11.4 Å². The lowest BCUT2D eigenvalue weighted by molar-refractivity contribution is -0.114. The molecule has 94 valence electrons. The first-order valence-electron chi connectivity index (χ1n) is 5.59. The lowest BCUT2D eigenvalue weighted by atomic mass is 10.1. The second kappa shape index (κ2) is 4.53. The van der Waals surface area contributed by atoms with Crippen molar-refractivity contribution in [3.63, 3.8) is 0 Å². The van der Waals surface area contributed by atoms with Crippen molar-refractivity contribution >= 4 is 17.9 Å². The molecule has 0 unspecified atom stereocenters. The molecule has 0 saturated carbocycles. The van der Waals surface area contributed by atoms with E-state index in [9.17, 15) is 4.79 Å². The summed E-state index contributed by atoms with van der Waals surface area (Å²) in [5.74, 6) is 0. The molecule has 2 heterocycles. The number of aldehydes is 1. The Hall–Kier alpha value is -1.68. The molecule has 2 aromatic heterocycles. The van der Waals surface area contributed by atoms with Gasteiger partial charge in [0.05, 0.1) is 10.7 Å². The van der Waals surface area contributed by atoms with E-state index < -0.39 is 5.54 Å². The normalized spacial score (nSPS) is 11.6. The van der Waals surface area contributed by atoms with E-state index in [2.05, 4.69) is 10.1 Å². The quantitative estimate of drug-likeness (QED) is 0.800. The van der Waals surface area contributed by atoms with Crippen molar-refractivity contribution in [1.29, 1.82) is 0 Å². The van der Waals surface area contributed by atoms with E-state index in [4.69, 9.17) is 11.6 Å². The van der Waals surface area contributed by atoms with Crippen LogP contribution in [0.2, 0.25) is 5.02 Å².